The van der Waals surface area contributed by atoms with Crippen LogP contribution in [-0.2, 0) is 16.1 Å². The van der Waals surface area contributed by atoms with Crippen molar-refractivity contribution in [1.82, 2.24) is 4.90 Å². The molecule has 94 valence electrons. The monoisotopic (exact) mass is 237 g/mol. The Hall–Kier alpha value is -1.55. The van der Waals surface area contributed by atoms with Crippen molar-refractivity contribution in [2.24, 2.45) is 0 Å². The maximum absolute atomic E-state index is 11.6. The van der Waals surface area contributed by atoms with Crippen LogP contribution in [0.4, 0.5) is 0 Å². The lowest BCUT2D eigenvalue weighted by molar-refractivity contribution is -0.135. The number of carbonyl (C=O) groups is 1. The average molecular weight is 237 g/mol. The van der Waals surface area contributed by atoms with E-state index < -0.39 is 0 Å². The first-order chi connectivity index (χ1) is 8.17. The van der Waals surface area contributed by atoms with Crippen LogP contribution in [-0.4, -0.2) is 38.2 Å². The van der Waals surface area contributed by atoms with E-state index in [1.807, 2.05) is 31.2 Å². The van der Waals surface area contributed by atoms with Crippen molar-refractivity contribution >= 4 is 5.91 Å². The zero-order chi connectivity index (χ0) is 12.7. The van der Waals surface area contributed by atoms with Gasteiger partial charge in [-0.25, -0.2) is 0 Å². The third-order valence-electron chi connectivity index (χ3n) is 2.43. The molecule has 0 spiro atoms. The maximum Gasteiger partial charge on any atom is 0.248 e. The number of hydrogen-bond acceptors (Lipinski definition) is 3. The molecule has 0 aromatic heterocycles. The fourth-order valence-corrected chi connectivity index (χ4v) is 1.39. The summed E-state index contributed by atoms with van der Waals surface area (Å²) in [6.45, 7) is 3.15. The molecule has 17 heavy (non-hydrogen) atoms. The zero-order valence-electron chi connectivity index (χ0n) is 10.6. The molecular weight excluding hydrogens is 218 g/mol. The Kier molecular flexibility index (Phi) is 5.49. The van der Waals surface area contributed by atoms with Crippen LogP contribution in [0, 0.1) is 0 Å². The van der Waals surface area contributed by atoms with Crippen LogP contribution in [0.25, 0.3) is 0 Å². The van der Waals surface area contributed by atoms with Crippen molar-refractivity contribution in [2.45, 2.75) is 13.5 Å². The van der Waals surface area contributed by atoms with Gasteiger partial charge in [0.15, 0.2) is 0 Å². The Morgan fingerprint density at radius 3 is 2.47 bits per heavy atom. The molecule has 0 saturated carbocycles. The Bertz CT molecular complexity index is 348. The highest BCUT2D eigenvalue weighted by Crippen LogP contribution is 2.12. The van der Waals surface area contributed by atoms with E-state index >= 15 is 0 Å². The molecule has 0 aliphatic carbocycles. The van der Waals surface area contributed by atoms with Crippen LogP contribution >= 0.6 is 0 Å². The zero-order valence-corrected chi connectivity index (χ0v) is 10.6. The number of amides is 1. The minimum absolute atomic E-state index is 0.0114. The van der Waals surface area contributed by atoms with Crippen LogP contribution < -0.4 is 4.74 Å². The summed E-state index contributed by atoms with van der Waals surface area (Å²) in [5.41, 5.74) is 1.07. The Labute approximate surface area is 102 Å². The van der Waals surface area contributed by atoms with Crippen molar-refractivity contribution in [3.8, 4) is 5.75 Å². The molecular formula is C13H19NO3. The van der Waals surface area contributed by atoms with E-state index in [1.165, 1.54) is 0 Å². The predicted octanol–water partition coefficient (Wildman–Crippen LogP) is 1.69. The van der Waals surface area contributed by atoms with E-state index in [0.717, 1.165) is 11.3 Å². The Balaban J connectivity index is 2.49. The van der Waals surface area contributed by atoms with Gasteiger partial charge in [-0.3, -0.25) is 4.79 Å². The van der Waals surface area contributed by atoms with Gasteiger partial charge in [0.1, 0.15) is 12.4 Å². The molecule has 4 heteroatoms. The molecule has 0 radical (unpaired) electrons. The van der Waals surface area contributed by atoms with Crippen molar-refractivity contribution in [2.75, 3.05) is 27.4 Å². The van der Waals surface area contributed by atoms with E-state index in [2.05, 4.69) is 0 Å². The van der Waals surface area contributed by atoms with Gasteiger partial charge in [-0.2, -0.15) is 0 Å². The lowest BCUT2D eigenvalue weighted by Crippen LogP contribution is -2.29. The number of nitrogens with zero attached hydrogens (tertiary/aromatic N) is 1. The van der Waals surface area contributed by atoms with Gasteiger partial charge in [0.25, 0.3) is 0 Å². The summed E-state index contributed by atoms with van der Waals surface area (Å²) in [5.74, 6) is 0.805. The topological polar surface area (TPSA) is 38.8 Å². The molecule has 0 bridgehead atoms. The molecule has 0 heterocycles. The highest BCUT2D eigenvalue weighted by Gasteiger charge is 2.08. The van der Waals surface area contributed by atoms with Crippen molar-refractivity contribution in [1.29, 1.82) is 0 Å². The summed E-state index contributed by atoms with van der Waals surface area (Å²) in [4.78, 5) is 13.3. The number of rotatable bonds is 6. The van der Waals surface area contributed by atoms with E-state index in [0.29, 0.717) is 13.2 Å². The molecule has 4 nitrogen and oxygen atoms in total. The van der Waals surface area contributed by atoms with Crippen molar-refractivity contribution in [3.05, 3.63) is 29.8 Å². The van der Waals surface area contributed by atoms with Crippen LogP contribution in [0.3, 0.4) is 0 Å². The predicted molar refractivity (Wildman–Crippen MR) is 66.0 cm³/mol. The number of methoxy groups -OCH3 is 1. The van der Waals surface area contributed by atoms with Gasteiger partial charge in [0, 0.05) is 20.2 Å². The summed E-state index contributed by atoms with van der Waals surface area (Å²) in [6, 6.07) is 7.67. The van der Waals surface area contributed by atoms with Gasteiger partial charge >= 0.3 is 0 Å². The minimum Gasteiger partial charge on any atom is -0.497 e. The lowest BCUT2D eigenvalue weighted by Gasteiger charge is -2.17. The molecule has 1 rings (SSSR count). The van der Waals surface area contributed by atoms with Gasteiger partial charge in [-0.05, 0) is 24.6 Å². The van der Waals surface area contributed by atoms with E-state index in [1.54, 1.807) is 19.1 Å². The SMILES string of the molecule is CCOCC(=O)N(C)Cc1ccc(OC)cc1. The number of likely N-dealkylation sites (N-methyl/N-ethyl adjacent to an activating group) is 1. The van der Waals surface area contributed by atoms with Gasteiger partial charge in [-0.1, -0.05) is 12.1 Å². The molecule has 0 aliphatic rings. The molecule has 1 aromatic rings. The summed E-state index contributed by atoms with van der Waals surface area (Å²) in [5, 5.41) is 0. The summed E-state index contributed by atoms with van der Waals surface area (Å²) in [6.07, 6.45) is 0. The second-order valence-electron chi connectivity index (χ2n) is 3.74. The largest absolute Gasteiger partial charge is 0.497 e. The maximum atomic E-state index is 11.6. The highest BCUT2D eigenvalue weighted by atomic mass is 16.5. The molecule has 1 amide bonds. The number of carbonyl (C=O) groups excluding carboxylic acids is 1. The molecule has 0 aliphatic heterocycles. The lowest BCUT2D eigenvalue weighted by atomic mass is 10.2. The van der Waals surface area contributed by atoms with Crippen LogP contribution in [0.5, 0.6) is 5.75 Å². The number of ether oxygens (including phenoxy) is 2. The normalized spacial score (nSPS) is 10.1. The average Bonchev–Trinajstić information content (AvgIpc) is 2.36. The fraction of sp³-hybridized carbons (Fsp3) is 0.462. The summed E-state index contributed by atoms with van der Waals surface area (Å²) in [7, 11) is 3.40. The van der Waals surface area contributed by atoms with E-state index in [-0.39, 0.29) is 12.5 Å². The van der Waals surface area contributed by atoms with Gasteiger partial charge in [-0.15, -0.1) is 0 Å². The summed E-state index contributed by atoms with van der Waals surface area (Å²) >= 11 is 0. The van der Waals surface area contributed by atoms with E-state index in [9.17, 15) is 4.79 Å². The Morgan fingerprint density at radius 2 is 1.94 bits per heavy atom. The second kappa shape index (κ2) is 6.91. The first kappa shape index (κ1) is 13.5. The highest BCUT2D eigenvalue weighted by molar-refractivity contribution is 5.77. The quantitative estimate of drug-likeness (QED) is 0.755. The molecule has 0 unspecified atom stereocenters. The van der Waals surface area contributed by atoms with Gasteiger partial charge in [0.05, 0.1) is 7.11 Å². The van der Waals surface area contributed by atoms with Crippen molar-refractivity contribution in [3.63, 3.8) is 0 Å². The number of hydrogen-bond donors (Lipinski definition) is 0. The number of benzene rings is 1. The molecule has 0 atom stereocenters. The van der Waals surface area contributed by atoms with Gasteiger partial charge < -0.3 is 14.4 Å². The van der Waals surface area contributed by atoms with Crippen LogP contribution in [0.1, 0.15) is 12.5 Å². The molecule has 0 saturated heterocycles. The Morgan fingerprint density at radius 1 is 1.29 bits per heavy atom. The smallest absolute Gasteiger partial charge is 0.248 e. The summed E-state index contributed by atoms with van der Waals surface area (Å²) < 4.78 is 10.2. The van der Waals surface area contributed by atoms with Crippen molar-refractivity contribution < 1.29 is 14.3 Å². The fourth-order valence-electron chi connectivity index (χ4n) is 1.39. The third kappa shape index (κ3) is 4.44. The van der Waals surface area contributed by atoms with Crippen LogP contribution in [0.2, 0.25) is 0 Å². The van der Waals surface area contributed by atoms with Crippen LogP contribution in [0.15, 0.2) is 24.3 Å². The standard InChI is InChI=1S/C13H19NO3/c1-4-17-10-13(15)14(2)9-11-5-7-12(16-3)8-6-11/h5-8H,4,9-10H2,1-3H3. The molecule has 0 fully saturated rings. The van der Waals surface area contributed by atoms with E-state index in [4.69, 9.17) is 9.47 Å². The van der Waals surface area contributed by atoms with Gasteiger partial charge in [0.2, 0.25) is 5.91 Å². The first-order valence-electron chi connectivity index (χ1n) is 5.62. The second-order valence-corrected chi connectivity index (χ2v) is 3.74. The third-order valence-corrected chi connectivity index (χ3v) is 2.43. The minimum atomic E-state index is -0.0114. The first-order valence-corrected chi connectivity index (χ1v) is 5.62. The molecule has 0 N–H and O–H groups in total. The molecule has 1 aromatic carbocycles.